The number of hydrogen-bond acceptors (Lipinski definition) is 6. The standard InChI is InChI=1S/C16H20N4O2/c1-21-16-18-10-13(11-19-16)12-20-8-4-15(5-9-20)22-14-2-6-17-7-3-14/h2-3,6-7,10-11,15H,4-5,8-9,12H2,1H3. The van der Waals surface area contributed by atoms with Gasteiger partial charge < -0.3 is 9.47 Å². The Kier molecular flexibility index (Phi) is 4.80. The predicted octanol–water partition coefficient (Wildman–Crippen LogP) is 1.92. The molecular formula is C16H20N4O2. The van der Waals surface area contributed by atoms with Crippen LogP contribution in [-0.4, -0.2) is 46.2 Å². The molecule has 1 fully saturated rings. The molecule has 6 heteroatoms. The van der Waals surface area contributed by atoms with E-state index in [0.29, 0.717) is 6.01 Å². The summed E-state index contributed by atoms with van der Waals surface area (Å²) in [5, 5.41) is 0. The fourth-order valence-electron chi connectivity index (χ4n) is 2.58. The lowest BCUT2D eigenvalue weighted by Gasteiger charge is -2.32. The molecule has 0 aliphatic carbocycles. The van der Waals surface area contributed by atoms with Crippen molar-refractivity contribution in [1.82, 2.24) is 19.9 Å². The number of pyridine rings is 1. The quantitative estimate of drug-likeness (QED) is 0.841. The third kappa shape index (κ3) is 3.92. The molecule has 0 N–H and O–H groups in total. The van der Waals surface area contributed by atoms with Gasteiger partial charge in [0.15, 0.2) is 0 Å². The van der Waals surface area contributed by atoms with Crippen molar-refractivity contribution in [3.8, 4) is 11.8 Å². The molecule has 3 rings (SSSR count). The minimum Gasteiger partial charge on any atom is -0.490 e. The molecule has 3 heterocycles. The van der Waals surface area contributed by atoms with E-state index in [1.165, 1.54) is 0 Å². The molecule has 2 aromatic heterocycles. The van der Waals surface area contributed by atoms with Crippen molar-refractivity contribution in [3.05, 3.63) is 42.5 Å². The summed E-state index contributed by atoms with van der Waals surface area (Å²) >= 11 is 0. The Morgan fingerprint density at radius 3 is 2.45 bits per heavy atom. The highest BCUT2D eigenvalue weighted by molar-refractivity contribution is 5.17. The van der Waals surface area contributed by atoms with E-state index in [9.17, 15) is 0 Å². The van der Waals surface area contributed by atoms with E-state index < -0.39 is 0 Å². The fraction of sp³-hybridized carbons (Fsp3) is 0.438. The second kappa shape index (κ2) is 7.17. The van der Waals surface area contributed by atoms with Crippen molar-refractivity contribution in [2.45, 2.75) is 25.5 Å². The van der Waals surface area contributed by atoms with E-state index in [2.05, 4.69) is 19.9 Å². The zero-order valence-corrected chi connectivity index (χ0v) is 12.7. The average Bonchev–Trinajstić information content (AvgIpc) is 2.58. The number of ether oxygens (including phenoxy) is 2. The van der Waals surface area contributed by atoms with Crippen molar-refractivity contribution < 1.29 is 9.47 Å². The summed E-state index contributed by atoms with van der Waals surface area (Å²) in [5.74, 6) is 0.900. The van der Waals surface area contributed by atoms with Gasteiger partial charge in [-0.05, 0) is 25.0 Å². The monoisotopic (exact) mass is 300 g/mol. The number of piperidine rings is 1. The predicted molar refractivity (Wildman–Crippen MR) is 81.7 cm³/mol. The maximum atomic E-state index is 5.98. The van der Waals surface area contributed by atoms with Gasteiger partial charge in [-0.25, -0.2) is 9.97 Å². The van der Waals surface area contributed by atoms with Crippen LogP contribution < -0.4 is 9.47 Å². The smallest absolute Gasteiger partial charge is 0.316 e. The van der Waals surface area contributed by atoms with Crippen LogP contribution in [0.1, 0.15) is 18.4 Å². The van der Waals surface area contributed by atoms with E-state index in [1.54, 1.807) is 19.5 Å². The van der Waals surface area contributed by atoms with E-state index in [0.717, 1.165) is 43.8 Å². The van der Waals surface area contributed by atoms with Gasteiger partial charge in [0.25, 0.3) is 0 Å². The average molecular weight is 300 g/mol. The summed E-state index contributed by atoms with van der Waals surface area (Å²) in [6.45, 7) is 2.90. The molecule has 1 aliphatic heterocycles. The molecular weight excluding hydrogens is 280 g/mol. The summed E-state index contributed by atoms with van der Waals surface area (Å²) < 4.78 is 10.9. The number of aromatic nitrogens is 3. The van der Waals surface area contributed by atoms with Crippen molar-refractivity contribution >= 4 is 0 Å². The number of nitrogens with zero attached hydrogens (tertiary/aromatic N) is 4. The van der Waals surface area contributed by atoms with Crippen LogP contribution in [0.15, 0.2) is 36.9 Å². The second-order valence-electron chi connectivity index (χ2n) is 5.35. The van der Waals surface area contributed by atoms with Gasteiger partial charge in [-0.3, -0.25) is 9.88 Å². The minimum absolute atomic E-state index is 0.283. The Morgan fingerprint density at radius 1 is 1.14 bits per heavy atom. The maximum absolute atomic E-state index is 5.98. The third-order valence-corrected chi connectivity index (χ3v) is 3.76. The molecule has 1 aliphatic rings. The van der Waals surface area contributed by atoms with Crippen LogP contribution in [0.25, 0.3) is 0 Å². The molecule has 0 radical (unpaired) electrons. The Morgan fingerprint density at radius 2 is 1.82 bits per heavy atom. The van der Waals surface area contributed by atoms with Crippen molar-refractivity contribution in [3.63, 3.8) is 0 Å². The minimum atomic E-state index is 0.283. The van der Waals surface area contributed by atoms with Gasteiger partial charge in [-0.15, -0.1) is 0 Å². The van der Waals surface area contributed by atoms with Crippen LogP contribution in [0, 0.1) is 0 Å². The molecule has 0 spiro atoms. The molecule has 0 saturated carbocycles. The van der Waals surface area contributed by atoms with Gasteiger partial charge in [0, 0.05) is 50.0 Å². The Labute approximate surface area is 130 Å². The van der Waals surface area contributed by atoms with E-state index >= 15 is 0 Å². The lowest BCUT2D eigenvalue weighted by molar-refractivity contribution is 0.0966. The van der Waals surface area contributed by atoms with E-state index in [-0.39, 0.29) is 6.10 Å². The molecule has 6 nitrogen and oxygen atoms in total. The first-order chi connectivity index (χ1) is 10.8. The topological polar surface area (TPSA) is 60.4 Å². The first-order valence-corrected chi connectivity index (χ1v) is 7.47. The summed E-state index contributed by atoms with van der Waals surface area (Å²) in [7, 11) is 1.57. The van der Waals surface area contributed by atoms with Crippen molar-refractivity contribution in [1.29, 1.82) is 0 Å². The highest BCUT2D eigenvalue weighted by atomic mass is 16.5. The van der Waals surface area contributed by atoms with Crippen molar-refractivity contribution in [2.75, 3.05) is 20.2 Å². The van der Waals surface area contributed by atoms with Crippen molar-refractivity contribution in [2.24, 2.45) is 0 Å². The molecule has 0 atom stereocenters. The Balaban J connectivity index is 1.47. The van der Waals surface area contributed by atoms with Crippen LogP contribution in [-0.2, 0) is 6.54 Å². The summed E-state index contributed by atoms with van der Waals surface area (Å²) in [6.07, 6.45) is 9.50. The Hall–Kier alpha value is -2.21. The van der Waals surface area contributed by atoms with Crippen LogP contribution in [0.5, 0.6) is 11.8 Å². The van der Waals surface area contributed by atoms with Crippen LogP contribution in [0.4, 0.5) is 0 Å². The summed E-state index contributed by atoms with van der Waals surface area (Å²) in [5.41, 5.74) is 1.11. The second-order valence-corrected chi connectivity index (χ2v) is 5.35. The molecule has 1 saturated heterocycles. The number of methoxy groups -OCH3 is 1. The first kappa shape index (κ1) is 14.7. The number of likely N-dealkylation sites (tertiary alicyclic amines) is 1. The summed E-state index contributed by atoms with van der Waals surface area (Å²) in [6, 6.07) is 4.22. The van der Waals surface area contributed by atoms with E-state index in [1.807, 2.05) is 24.5 Å². The van der Waals surface area contributed by atoms with Crippen LogP contribution in [0.3, 0.4) is 0 Å². The lowest BCUT2D eigenvalue weighted by Crippen LogP contribution is -2.37. The first-order valence-electron chi connectivity index (χ1n) is 7.47. The zero-order chi connectivity index (χ0) is 15.2. The molecule has 22 heavy (non-hydrogen) atoms. The molecule has 0 aromatic carbocycles. The van der Waals surface area contributed by atoms with Gasteiger partial charge in [0.1, 0.15) is 11.9 Å². The third-order valence-electron chi connectivity index (χ3n) is 3.76. The van der Waals surface area contributed by atoms with Gasteiger partial charge >= 0.3 is 6.01 Å². The SMILES string of the molecule is COc1ncc(CN2CCC(Oc3ccncc3)CC2)cn1. The molecule has 2 aromatic rings. The van der Waals surface area contributed by atoms with Crippen LogP contribution in [0.2, 0.25) is 0 Å². The molecule has 0 bridgehead atoms. The highest BCUT2D eigenvalue weighted by Gasteiger charge is 2.20. The van der Waals surface area contributed by atoms with E-state index in [4.69, 9.17) is 9.47 Å². The Bertz CT molecular complexity index is 568. The maximum Gasteiger partial charge on any atom is 0.316 e. The van der Waals surface area contributed by atoms with Gasteiger partial charge in [-0.1, -0.05) is 0 Å². The number of rotatable bonds is 5. The van der Waals surface area contributed by atoms with Gasteiger partial charge in [0.2, 0.25) is 0 Å². The fourth-order valence-corrected chi connectivity index (χ4v) is 2.58. The normalized spacial score (nSPS) is 16.4. The van der Waals surface area contributed by atoms with Gasteiger partial charge in [-0.2, -0.15) is 0 Å². The molecule has 0 amide bonds. The summed E-state index contributed by atoms with van der Waals surface area (Å²) in [4.78, 5) is 14.7. The highest BCUT2D eigenvalue weighted by Crippen LogP contribution is 2.19. The lowest BCUT2D eigenvalue weighted by atomic mass is 10.1. The number of hydrogen-bond donors (Lipinski definition) is 0. The largest absolute Gasteiger partial charge is 0.490 e. The zero-order valence-electron chi connectivity index (χ0n) is 12.7. The molecule has 116 valence electrons. The molecule has 0 unspecified atom stereocenters. The van der Waals surface area contributed by atoms with Gasteiger partial charge in [0.05, 0.1) is 7.11 Å². The van der Waals surface area contributed by atoms with Crippen LogP contribution >= 0.6 is 0 Å².